The monoisotopic (exact) mass is 315 g/mol. The fourth-order valence-electron chi connectivity index (χ4n) is 2.63. The molecule has 2 aromatic carbocycles. The molecule has 0 aliphatic heterocycles. The predicted octanol–water partition coefficient (Wildman–Crippen LogP) is 4.08. The Hall–Kier alpha value is -3.21. The van der Waals surface area contributed by atoms with Crippen LogP contribution >= 0.6 is 0 Å². The average Bonchev–Trinajstić information content (AvgIpc) is 2.92. The fourth-order valence-corrected chi connectivity index (χ4v) is 2.63. The van der Waals surface area contributed by atoms with E-state index in [1.807, 2.05) is 79.2 Å². The molecule has 0 saturated carbocycles. The largest absolute Gasteiger partial charge is 0.338 e. The number of nitrogens with zero attached hydrogens (tertiary/aromatic N) is 4. The minimum Gasteiger partial charge on any atom is -0.338 e. The van der Waals surface area contributed by atoms with Gasteiger partial charge in [-0.05, 0) is 19.1 Å². The SMILES string of the molecule is Cc1nc2c(Nc3ccccc3)nc(-c3ccccc3)nc2n1C. The number of benzene rings is 2. The molecule has 0 amide bonds. The fraction of sp³-hybridized carbons (Fsp3) is 0.105. The highest BCUT2D eigenvalue weighted by Gasteiger charge is 2.15. The standard InChI is InChI=1S/C19H17N5/c1-13-20-16-18(21-15-11-7-4-8-12-15)22-17(23-19(16)24(13)2)14-9-5-3-6-10-14/h3-12H,1-2H3,(H,21,22,23). The van der Waals surface area contributed by atoms with Crippen molar-refractivity contribution >= 4 is 22.7 Å². The van der Waals surface area contributed by atoms with E-state index in [4.69, 9.17) is 9.97 Å². The Balaban J connectivity index is 1.92. The van der Waals surface area contributed by atoms with Crippen molar-refractivity contribution in [2.75, 3.05) is 5.32 Å². The highest BCUT2D eigenvalue weighted by molar-refractivity contribution is 5.87. The van der Waals surface area contributed by atoms with Gasteiger partial charge in [0.15, 0.2) is 22.8 Å². The Morgan fingerprint density at radius 1 is 0.833 bits per heavy atom. The van der Waals surface area contributed by atoms with Crippen LogP contribution < -0.4 is 5.32 Å². The maximum atomic E-state index is 4.72. The molecule has 0 aliphatic rings. The van der Waals surface area contributed by atoms with Crippen molar-refractivity contribution in [3.8, 4) is 11.4 Å². The van der Waals surface area contributed by atoms with Crippen LogP contribution in [0, 0.1) is 6.92 Å². The maximum Gasteiger partial charge on any atom is 0.166 e. The topological polar surface area (TPSA) is 55.6 Å². The summed E-state index contributed by atoms with van der Waals surface area (Å²) in [7, 11) is 1.97. The number of imidazole rings is 1. The number of para-hydroxylation sites is 1. The second-order valence-corrected chi connectivity index (χ2v) is 5.64. The summed E-state index contributed by atoms with van der Waals surface area (Å²) in [5.74, 6) is 2.30. The first-order valence-electron chi connectivity index (χ1n) is 7.81. The molecule has 0 fully saturated rings. The Kier molecular flexibility index (Phi) is 3.46. The molecular formula is C19H17N5. The van der Waals surface area contributed by atoms with E-state index in [0.717, 1.165) is 28.2 Å². The number of hydrogen-bond acceptors (Lipinski definition) is 4. The van der Waals surface area contributed by atoms with Gasteiger partial charge < -0.3 is 9.88 Å². The Labute approximate surface area is 140 Å². The molecule has 0 unspecified atom stereocenters. The van der Waals surface area contributed by atoms with Crippen LogP contribution in [0.15, 0.2) is 60.7 Å². The van der Waals surface area contributed by atoms with Gasteiger partial charge in [0.2, 0.25) is 0 Å². The molecule has 4 aromatic rings. The summed E-state index contributed by atoms with van der Waals surface area (Å²) in [6.45, 7) is 1.97. The van der Waals surface area contributed by atoms with Gasteiger partial charge in [-0.15, -0.1) is 0 Å². The predicted molar refractivity (Wildman–Crippen MR) is 96.2 cm³/mol. The zero-order valence-electron chi connectivity index (χ0n) is 13.6. The zero-order valence-corrected chi connectivity index (χ0v) is 13.6. The molecular weight excluding hydrogens is 298 g/mol. The van der Waals surface area contributed by atoms with Crippen molar-refractivity contribution in [1.29, 1.82) is 0 Å². The molecule has 2 aromatic heterocycles. The van der Waals surface area contributed by atoms with Crippen LogP contribution in [0.1, 0.15) is 5.82 Å². The Morgan fingerprint density at radius 3 is 2.21 bits per heavy atom. The molecule has 24 heavy (non-hydrogen) atoms. The minimum atomic E-state index is 0.685. The van der Waals surface area contributed by atoms with E-state index in [1.54, 1.807) is 0 Å². The molecule has 0 saturated heterocycles. The molecule has 0 spiro atoms. The number of aryl methyl sites for hydroxylation is 2. The quantitative estimate of drug-likeness (QED) is 0.619. The minimum absolute atomic E-state index is 0.685. The molecule has 2 heterocycles. The van der Waals surface area contributed by atoms with Crippen LogP contribution in [0.5, 0.6) is 0 Å². The van der Waals surface area contributed by atoms with Crippen molar-refractivity contribution in [2.24, 2.45) is 7.05 Å². The lowest BCUT2D eigenvalue weighted by atomic mass is 10.2. The van der Waals surface area contributed by atoms with Crippen LogP contribution in [0.4, 0.5) is 11.5 Å². The molecule has 1 N–H and O–H groups in total. The average molecular weight is 315 g/mol. The summed E-state index contributed by atoms with van der Waals surface area (Å²) in [6.07, 6.45) is 0. The normalized spacial score (nSPS) is 10.9. The van der Waals surface area contributed by atoms with Gasteiger partial charge in [-0.2, -0.15) is 0 Å². The molecule has 0 bridgehead atoms. The third kappa shape index (κ3) is 2.50. The number of rotatable bonds is 3. The van der Waals surface area contributed by atoms with E-state index in [1.165, 1.54) is 0 Å². The van der Waals surface area contributed by atoms with Gasteiger partial charge in [0.25, 0.3) is 0 Å². The van der Waals surface area contributed by atoms with Gasteiger partial charge in [0, 0.05) is 18.3 Å². The number of aromatic nitrogens is 4. The smallest absolute Gasteiger partial charge is 0.166 e. The first kappa shape index (κ1) is 14.4. The third-order valence-electron chi connectivity index (χ3n) is 4.01. The van der Waals surface area contributed by atoms with Crippen LogP contribution in [-0.4, -0.2) is 19.5 Å². The van der Waals surface area contributed by atoms with Crippen molar-refractivity contribution < 1.29 is 0 Å². The van der Waals surface area contributed by atoms with Gasteiger partial charge in [0.1, 0.15) is 5.82 Å². The lowest BCUT2D eigenvalue weighted by Gasteiger charge is -2.09. The number of hydrogen-bond donors (Lipinski definition) is 1. The van der Waals surface area contributed by atoms with Gasteiger partial charge in [-0.25, -0.2) is 15.0 Å². The zero-order chi connectivity index (χ0) is 16.5. The van der Waals surface area contributed by atoms with E-state index in [2.05, 4.69) is 10.3 Å². The highest BCUT2D eigenvalue weighted by atomic mass is 15.2. The van der Waals surface area contributed by atoms with Gasteiger partial charge >= 0.3 is 0 Å². The Morgan fingerprint density at radius 2 is 1.50 bits per heavy atom. The number of nitrogens with one attached hydrogen (secondary N) is 1. The molecule has 0 radical (unpaired) electrons. The molecule has 4 rings (SSSR count). The summed E-state index contributed by atoms with van der Waals surface area (Å²) in [5, 5.41) is 3.37. The van der Waals surface area contributed by atoms with Crippen LogP contribution in [0.2, 0.25) is 0 Å². The van der Waals surface area contributed by atoms with Gasteiger partial charge in [-0.1, -0.05) is 48.5 Å². The highest BCUT2D eigenvalue weighted by Crippen LogP contribution is 2.27. The van der Waals surface area contributed by atoms with E-state index in [9.17, 15) is 0 Å². The molecule has 118 valence electrons. The van der Waals surface area contributed by atoms with Gasteiger partial charge in [0.05, 0.1) is 0 Å². The van der Waals surface area contributed by atoms with Crippen molar-refractivity contribution in [1.82, 2.24) is 19.5 Å². The van der Waals surface area contributed by atoms with Crippen LogP contribution in [0.3, 0.4) is 0 Å². The van der Waals surface area contributed by atoms with Crippen LogP contribution in [-0.2, 0) is 7.05 Å². The molecule has 5 heteroatoms. The van der Waals surface area contributed by atoms with E-state index >= 15 is 0 Å². The van der Waals surface area contributed by atoms with E-state index < -0.39 is 0 Å². The lowest BCUT2D eigenvalue weighted by Crippen LogP contribution is -2.00. The maximum absolute atomic E-state index is 4.72. The first-order chi connectivity index (χ1) is 11.7. The first-order valence-corrected chi connectivity index (χ1v) is 7.81. The summed E-state index contributed by atoms with van der Waals surface area (Å²) in [5.41, 5.74) is 3.55. The second-order valence-electron chi connectivity index (χ2n) is 5.64. The summed E-state index contributed by atoms with van der Waals surface area (Å²) in [4.78, 5) is 14.1. The van der Waals surface area contributed by atoms with E-state index in [-0.39, 0.29) is 0 Å². The summed E-state index contributed by atoms with van der Waals surface area (Å²) < 4.78 is 1.99. The molecule has 0 atom stereocenters. The number of fused-ring (bicyclic) bond motifs is 1. The molecule has 0 aliphatic carbocycles. The van der Waals surface area contributed by atoms with Crippen molar-refractivity contribution in [3.63, 3.8) is 0 Å². The second kappa shape index (κ2) is 5.77. The van der Waals surface area contributed by atoms with Crippen molar-refractivity contribution in [2.45, 2.75) is 6.92 Å². The third-order valence-corrected chi connectivity index (χ3v) is 4.01. The summed E-state index contributed by atoms with van der Waals surface area (Å²) >= 11 is 0. The lowest BCUT2D eigenvalue weighted by molar-refractivity contribution is 0.873. The Bertz CT molecular complexity index is 991. The van der Waals surface area contributed by atoms with E-state index in [0.29, 0.717) is 11.6 Å². The summed E-state index contributed by atoms with van der Waals surface area (Å²) in [6, 6.07) is 20.0. The number of anilines is 2. The van der Waals surface area contributed by atoms with Gasteiger partial charge in [-0.3, -0.25) is 0 Å². The molecule has 5 nitrogen and oxygen atoms in total. The van der Waals surface area contributed by atoms with Crippen molar-refractivity contribution in [3.05, 3.63) is 66.5 Å². The van der Waals surface area contributed by atoms with Crippen LogP contribution in [0.25, 0.3) is 22.6 Å².